The van der Waals surface area contributed by atoms with Crippen molar-refractivity contribution in [2.45, 2.75) is 33.4 Å². The molecule has 0 saturated carbocycles. The van der Waals surface area contributed by atoms with Crippen molar-refractivity contribution in [3.8, 4) is 0 Å². The molecule has 0 aliphatic carbocycles. The van der Waals surface area contributed by atoms with Gasteiger partial charge in [0, 0.05) is 26.7 Å². The first-order valence-corrected chi connectivity index (χ1v) is 6.67. The second kappa shape index (κ2) is 6.52. The van der Waals surface area contributed by atoms with Crippen molar-refractivity contribution in [3.63, 3.8) is 0 Å². The van der Waals surface area contributed by atoms with Crippen LogP contribution < -0.4 is 5.32 Å². The van der Waals surface area contributed by atoms with Crippen LogP contribution >= 0.6 is 15.9 Å². The van der Waals surface area contributed by atoms with Crippen LogP contribution in [0.2, 0.25) is 0 Å². The summed E-state index contributed by atoms with van der Waals surface area (Å²) in [4.78, 5) is 0. The molecule has 0 fully saturated rings. The lowest BCUT2D eigenvalue weighted by Crippen LogP contribution is -2.37. The lowest BCUT2D eigenvalue weighted by atomic mass is 10.1. The van der Waals surface area contributed by atoms with Gasteiger partial charge in [0.25, 0.3) is 0 Å². The van der Waals surface area contributed by atoms with Gasteiger partial charge < -0.3 is 10.1 Å². The fourth-order valence-corrected chi connectivity index (χ4v) is 2.24. The molecule has 1 heterocycles. The van der Waals surface area contributed by atoms with Crippen molar-refractivity contribution in [2.75, 3.05) is 13.7 Å². The van der Waals surface area contributed by atoms with E-state index in [1.54, 1.807) is 7.11 Å². The third-order valence-electron chi connectivity index (χ3n) is 2.94. The molecule has 4 nitrogen and oxygen atoms in total. The summed E-state index contributed by atoms with van der Waals surface area (Å²) >= 11 is 3.57. The van der Waals surface area contributed by atoms with Crippen LogP contribution in [0.25, 0.3) is 0 Å². The van der Waals surface area contributed by atoms with Gasteiger partial charge in [0.15, 0.2) is 0 Å². The van der Waals surface area contributed by atoms with Crippen LogP contribution in [0.1, 0.15) is 25.2 Å². The molecule has 0 aliphatic heterocycles. The van der Waals surface area contributed by atoms with Crippen molar-refractivity contribution in [1.29, 1.82) is 0 Å². The number of rotatable bonds is 6. The molecule has 0 spiro atoms. The van der Waals surface area contributed by atoms with E-state index < -0.39 is 0 Å². The van der Waals surface area contributed by atoms with E-state index in [1.165, 1.54) is 5.69 Å². The minimum atomic E-state index is 0.363. The quantitative estimate of drug-likeness (QED) is 0.876. The average Bonchev–Trinajstić information content (AvgIpc) is 2.49. The Labute approximate surface area is 112 Å². The minimum Gasteiger partial charge on any atom is -0.383 e. The Morgan fingerprint density at radius 2 is 2.12 bits per heavy atom. The van der Waals surface area contributed by atoms with E-state index >= 15 is 0 Å². The number of methoxy groups -OCH3 is 1. The lowest BCUT2D eigenvalue weighted by Gasteiger charge is -2.21. The maximum atomic E-state index is 5.22. The number of aryl methyl sites for hydroxylation is 2. The topological polar surface area (TPSA) is 39.1 Å². The number of nitrogens with zero attached hydrogens (tertiary/aromatic N) is 2. The largest absolute Gasteiger partial charge is 0.383 e. The molecule has 1 rings (SSSR count). The average molecular weight is 304 g/mol. The number of hydrogen-bond donors (Lipinski definition) is 1. The van der Waals surface area contributed by atoms with E-state index in [0.717, 1.165) is 23.3 Å². The van der Waals surface area contributed by atoms with Gasteiger partial charge in [-0.05, 0) is 28.8 Å². The van der Waals surface area contributed by atoms with Crippen LogP contribution in [0.4, 0.5) is 0 Å². The zero-order chi connectivity index (χ0) is 13.0. The molecule has 98 valence electrons. The number of hydrogen-bond acceptors (Lipinski definition) is 3. The third kappa shape index (κ3) is 3.79. The van der Waals surface area contributed by atoms with Gasteiger partial charge in [-0.25, -0.2) is 0 Å². The predicted molar refractivity (Wildman–Crippen MR) is 73.0 cm³/mol. The van der Waals surface area contributed by atoms with E-state index in [0.29, 0.717) is 12.0 Å². The molecule has 5 heteroatoms. The van der Waals surface area contributed by atoms with Gasteiger partial charge in [-0.2, -0.15) is 5.10 Å². The first kappa shape index (κ1) is 14.7. The zero-order valence-electron chi connectivity index (χ0n) is 11.2. The summed E-state index contributed by atoms with van der Waals surface area (Å²) in [5.41, 5.74) is 2.20. The maximum Gasteiger partial charge on any atom is 0.0739 e. The molecule has 0 radical (unpaired) electrons. The Hall–Kier alpha value is -0.390. The SMILES string of the molecule is COCC(NCc1c(Br)c(C)nn1C)C(C)C. The summed E-state index contributed by atoms with van der Waals surface area (Å²) in [6, 6.07) is 0.363. The summed E-state index contributed by atoms with van der Waals surface area (Å²) in [5, 5.41) is 7.89. The molecule has 0 bridgehead atoms. The van der Waals surface area contributed by atoms with Gasteiger partial charge in [-0.15, -0.1) is 0 Å². The smallest absolute Gasteiger partial charge is 0.0739 e. The Morgan fingerprint density at radius 3 is 2.53 bits per heavy atom. The molecule has 17 heavy (non-hydrogen) atoms. The molecule has 0 saturated heterocycles. The molecule has 1 aromatic heterocycles. The summed E-state index contributed by atoms with van der Waals surface area (Å²) in [7, 11) is 3.71. The summed E-state index contributed by atoms with van der Waals surface area (Å²) in [5.74, 6) is 0.544. The van der Waals surface area contributed by atoms with Crippen molar-refractivity contribution >= 4 is 15.9 Å². The molecule has 1 atom stereocenters. The second-order valence-electron chi connectivity index (χ2n) is 4.66. The zero-order valence-corrected chi connectivity index (χ0v) is 12.8. The summed E-state index contributed by atoms with van der Waals surface area (Å²) in [6.45, 7) is 7.92. The van der Waals surface area contributed by atoms with Crippen molar-refractivity contribution in [1.82, 2.24) is 15.1 Å². The van der Waals surface area contributed by atoms with Crippen LogP contribution in [0.15, 0.2) is 4.47 Å². The molecular formula is C12H22BrN3O. The number of nitrogens with one attached hydrogen (secondary N) is 1. The molecule has 1 N–H and O–H groups in total. The van der Waals surface area contributed by atoms with E-state index in [9.17, 15) is 0 Å². The highest BCUT2D eigenvalue weighted by Gasteiger charge is 2.15. The molecule has 0 aliphatic rings. The van der Waals surface area contributed by atoms with E-state index in [2.05, 4.69) is 40.2 Å². The van der Waals surface area contributed by atoms with Crippen LogP contribution in [0, 0.1) is 12.8 Å². The number of aromatic nitrogens is 2. The van der Waals surface area contributed by atoms with Crippen molar-refractivity contribution < 1.29 is 4.74 Å². The Balaban J connectivity index is 2.65. The Morgan fingerprint density at radius 1 is 1.47 bits per heavy atom. The predicted octanol–water partition coefficient (Wildman–Crippen LogP) is 2.25. The van der Waals surface area contributed by atoms with Crippen LogP contribution in [-0.2, 0) is 18.3 Å². The molecule has 0 aromatic carbocycles. The normalized spacial score (nSPS) is 13.4. The summed E-state index contributed by atoms with van der Waals surface area (Å²) < 4.78 is 8.23. The second-order valence-corrected chi connectivity index (χ2v) is 5.45. The van der Waals surface area contributed by atoms with Gasteiger partial charge in [0.2, 0.25) is 0 Å². The fourth-order valence-electron chi connectivity index (χ4n) is 1.77. The van der Waals surface area contributed by atoms with Crippen molar-refractivity contribution in [3.05, 3.63) is 15.9 Å². The Bertz CT molecular complexity index is 363. The van der Waals surface area contributed by atoms with Crippen LogP contribution in [-0.4, -0.2) is 29.5 Å². The van der Waals surface area contributed by atoms with Gasteiger partial charge >= 0.3 is 0 Å². The van der Waals surface area contributed by atoms with Crippen molar-refractivity contribution in [2.24, 2.45) is 13.0 Å². The van der Waals surface area contributed by atoms with Gasteiger partial charge in [0.05, 0.1) is 22.5 Å². The van der Waals surface area contributed by atoms with E-state index in [1.807, 2.05) is 18.7 Å². The fraction of sp³-hybridized carbons (Fsp3) is 0.750. The molecule has 1 unspecified atom stereocenters. The highest BCUT2D eigenvalue weighted by atomic mass is 79.9. The monoisotopic (exact) mass is 303 g/mol. The van der Waals surface area contributed by atoms with Gasteiger partial charge in [-0.1, -0.05) is 13.8 Å². The van der Waals surface area contributed by atoms with Gasteiger partial charge in [-0.3, -0.25) is 4.68 Å². The molecular weight excluding hydrogens is 282 g/mol. The Kier molecular flexibility index (Phi) is 5.62. The minimum absolute atomic E-state index is 0.363. The highest BCUT2D eigenvalue weighted by molar-refractivity contribution is 9.10. The van der Waals surface area contributed by atoms with E-state index in [-0.39, 0.29) is 0 Å². The van der Waals surface area contributed by atoms with Crippen LogP contribution in [0.5, 0.6) is 0 Å². The highest BCUT2D eigenvalue weighted by Crippen LogP contribution is 2.20. The van der Waals surface area contributed by atoms with Crippen LogP contribution in [0.3, 0.4) is 0 Å². The molecule has 0 amide bonds. The first-order valence-electron chi connectivity index (χ1n) is 5.87. The number of halogens is 1. The third-order valence-corrected chi connectivity index (χ3v) is 3.98. The standard InChI is InChI=1S/C12H22BrN3O/c1-8(2)10(7-17-5)14-6-11-12(13)9(3)15-16(11)4/h8,10,14H,6-7H2,1-5H3. The lowest BCUT2D eigenvalue weighted by molar-refractivity contribution is 0.146. The maximum absolute atomic E-state index is 5.22. The summed E-state index contributed by atoms with van der Waals surface area (Å²) in [6.07, 6.45) is 0. The van der Waals surface area contributed by atoms with E-state index in [4.69, 9.17) is 4.74 Å². The first-order chi connectivity index (χ1) is 7.97. The molecule has 1 aromatic rings. The van der Waals surface area contributed by atoms with Gasteiger partial charge in [0.1, 0.15) is 0 Å². The number of ether oxygens (including phenoxy) is 1.